The summed E-state index contributed by atoms with van der Waals surface area (Å²) in [4.78, 5) is 0. The van der Waals surface area contributed by atoms with Crippen molar-refractivity contribution in [1.29, 1.82) is 0 Å². The molecular formula is C21H48O10P4S8. The molecule has 0 bridgehead atoms. The minimum absolute atomic E-state index is 0.337. The van der Waals surface area contributed by atoms with Crippen molar-refractivity contribution in [3.05, 3.63) is 0 Å². The summed E-state index contributed by atoms with van der Waals surface area (Å²) in [5.41, 5.74) is -10.2. The minimum Gasteiger partial charge on any atom is -0.361 e. The smallest absolute Gasteiger partial charge is 0.249 e. The average molecular weight is 841 g/mol. The molecular weight excluding hydrogens is 793 g/mol. The van der Waals surface area contributed by atoms with Gasteiger partial charge in [-0.15, -0.1) is 0 Å². The van der Waals surface area contributed by atoms with Gasteiger partial charge in [-0.1, -0.05) is 22.8 Å². The highest BCUT2D eigenvalue weighted by atomic mass is 32.9. The second-order valence-corrected chi connectivity index (χ2v) is 32.8. The van der Waals surface area contributed by atoms with E-state index in [9.17, 15) is 0 Å². The molecule has 0 N–H and O–H groups in total. The van der Waals surface area contributed by atoms with E-state index >= 15 is 0 Å². The van der Waals surface area contributed by atoms with Gasteiger partial charge in [-0.2, -0.15) is 0 Å². The molecule has 0 spiro atoms. The van der Waals surface area contributed by atoms with E-state index in [1.807, 2.05) is 55.4 Å². The molecule has 2 unspecified atom stereocenters. The highest BCUT2D eigenvalue weighted by molar-refractivity contribution is 8.76. The van der Waals surface area contributed by atoms with E-state index in [-0.39, 0.29) is 10.9 Å². The molecule has 43 heavy (non-hydrogen) atoms. The predicted octanol–water partition coefficient (Wildman–Crippen LogP) is 9.75. The lowest BCUT2D eigenvalue weighted by molar-refractivity contribution is -0.0654. The minimum atomic E-state index is -2.49. The van der Waals surface area contributed by atoms with Gasteiger partial charge < -0.3 is 45.7 Å². The molecule has 0 aromatic heterocycles. The molecule has 0 amide bonds. The van der Waals surface area contributed by atoms with Crippen molar-refractivity contribution in [3.8, 4) is 0 Å². The van der Waals surface area contributed by atoms with Crippen molar-refractivity contribution in [2.24, 2.45) is 0 Å². The first kappa shape index (κ1) is 46.6. The Hall–Kier alpha value is 3.60. The van der Waals surface area contributed by atoms with Crippen LogP contribution in [0.25, 0.3) is 0 Å². The monoisotopic (exact) mass is 840 g/mol. The number of rotatable bonds is 24. The van der Waals surface area contributed by atoms with Gasteiger partial charge in [-0.3, -0.25) is 0 Å². The Balaban J connectivity index is 0.000000846. The normalized spacial score (nSPS) is 18.3. The molecule has 10 nitrogen and oxygen atoms in total. The largest absolute Gasteiger partial charge is 0.361 e. The van der Waals surface area contributed by atoms with Gasteiger partial charge in [0, 0.05) is 0 Å². The molecule has 22 heteroatoms. The first-order valence-corrected chi connectivity index (χ1v) is 30.5. The molecule has 0 aromatic carbocycles. The van der Waals surface area contributed by atoms with Gasteiger partial charge in [-0.05, 0) is 125 Å². The molecule has 1 aliphatic heterocycles. The molecule has 0 aromatic rings. The molecule has 1 fully saturated rings. The highest BCUT2D eigenvalue weighted by Crippen LogP contribution is 2.69. The lowest BCUT2D eigenvalue weighted by atomic mass is 10.6. The standard InChI is InChI=1S/C12H26O6P2S4.C9H22O4P2S4/c1-5-15-19(21,16-6-2)23-11-12(14-10-9-13-11)24-20(22,17-7-3)18-8-4;1-5-10-14(16,11-6-2)18-9-19-15(17,12-7-3)13-8-4/h11-12H,5-10H2,1-4H3;5-9H2,1-4H3. The Morgan fingerprint density at radius 2 is 0.698 bits per heavy atom. The molecule has 0 radical (unpaired) electrons. The highest BCUT2D eigenvalue weighted by Gasteiger charge is 2.39. The Morgan fingerprint density at radius 1 is 0.465 bits per heavy atom. The fourth-order valence-corrected chi connectivity index (χ4v) is 26.4. The second kappa shape index (κ2) is 26.4. The lowest BCUT2D eigenvalue weighted by Crippen LogP contribution is -2.34. The van der Waals surface area contributed by atoms with Gasteiger partial charge in [0.25, 0.3) is 0 Å². The zero-order valence-corrected chi connectivity index (χ0v) is 36.2. The predicted molar refractivity (Wildman–Crippen MR) is 205 cm³/mol. The summed E-state index contributed by atoms with van der Waals surface area (Å²) in [6.45, 7) is 20.4. The maximum absolute atomic E-state index is 5.86. The quantitative estimate of drug-likeness (QED) is 0.0682. The van der Waals surface area contributed by atoms with Crippen LogP contribution in [0.15, 0.2) is 0 Å². The van der Waals surface area contributed by atoms with E-state index in [0.29, 0.717) is 71.2 Å². The van der Waals surface area contributed by atoms with E-state index in [1.165, 1.54) is 45.5 Å². The van der Waals surface area contributed by atoms with E-state index in [4.69, 9.17) is 92.9 Å². The van der Waals surface area contributed by atoms with Crippen molar-refractivity contribution < 1.29 is 45.7 Å². The maximum Gasteiger partial charge on any atom is 0.249 e. The van der Waals surface area contributed by atoms with Gasteiger partial charge in [0.15, 0.2) is 0 Å². The molecule has 0 aliphatic carbocycles. The summed E-state index contributed by atoms with van der Waals surface area (Å²) in [6, 6.07) is 0. The van der Waals surface area contributed by atoms with Gasteiger partial charge in [0.1, 0.15) is 10.9 Å². The van der Waals surface area contributed by atoms with Gasteiger partial charge in [0.05, 0.1) is 71.2 Å². The van der Waals surface area contributed by atoms with Crippen LogP contribution in [0, 0.1) is 0 Å². The average Bonchev–Trinajstić information content (AvgIpc) is 2.91. The van der Waals surface area contributed by atoms with Gasteiger partial charge in [0.2, 0.25) is 22.8 Å². The van der Waals surface area contributed by atoms with E-state index in [1.54, 1.807) is 0 Å². The van der Waals surface area contributed by atoms with Gasteiger partial charge in [-0.25, -0.2) is 0 Å². The van der Waals surface area contributed by atoms with E-state index < -0.39 is 22.8 Å². The first-order chi connectivity index (χ1) is 20.4. The molecule has 1 rings (SSSR count). The Morgan fingerprint density at radius 3 is 0.930 bits per heavy atom. The number of ether oxygens (including phenoxy) is 2. The van der Waals surface area contributed by atoms with Crippen LogP contribution in [-0.2, 0) is 92.9 Å². The van der Waals surface area contributed by atoms with E-state index in [2.05, 4.69) is 0 Å². The van der Waals surface area contributed by atoms with Crippen LogP contribution in [0.4, 0.5) is 0 Å². The van der Waals surface area contributed by atoms with Crippen LogP contribution in [0.3, 0.4) is 0 Å². The third kappa shape index (κ3) is 20.8. The Bertz CT molecular complexity index is 815. The Labute approximate surface area is 296 Å². The fourth-order valence-electron chi connectivity index (χ4n) is 2.74. The molecule has 1 saturated heterocycles. The zero-order chi connectivity index (χ0) is 32.8. The molecule has 2 atom stereocenters. The fraction of sp³-hybridized carbons (Fsp3) is 1.00. The number of hydrogen-bond donors (Lipinski definition) is 0. The Kier molecular flexibility index (Phi) is 28.6. The summed E-state index contributed by atoms with van der Waals surface area (Å²) in [5, 5.41) is 0.661. The SMILES string of the molecule is CCOP(=S)(OCC)SC1OCCOC1SP(=S)(OCC)OCC.CCOP(=S)(OCC)SCSP(=S)(OCC)OCC. The first-order valence-electron chi connectivity index (χ1n) is 13.8. The van der Waals surface area contributed by atoms with Crippen LogP contribution in [0.2, 0.25) is 0 Å². The molecule has 1 heterocycles. The van der Waals surface area contributed by atoms with Crippen molar-refractivity contribution >= 4 is 116 Å². The van der Waals surface area contributed by atoms with Crippen molar-refractivity contribution in [2.45, 2.75) is 66.3 Å². The van der Waals surface area contributed by atoms with E-state index in [0.717, 1.165) is 0 Å². The third-order valence-corrected chi connectivity index (χ3v) is 27.1. The molecule has 260 valence electrons. The van der Waals surface area contributed by atoms with Crippen LogP contribution in [0.5, 0.6) is 0 Å². The summed E-state index contributed by atoms with van der Waals surface area (Å²) in [5.74, 6) is 0. The van der Waals surface area contributed by atoms with Crippen LogP contribution in [0.1, 0.15) is 55.4 Å². The van der Waals surface area contributed by atoms with Crippen LogP contribution >= 0.6 is 68.3 Å². The lowest BCUT2D eigenvalue weighted by Gasteiger charge is -2.35. The maximum atomic E-state index is 5.86. The summed E-state index contributed by atoms with van der Waals surface area (Å²) in [7, 11) is 0. The topological polar surface area (TPSA) is 92.3 Å². The summed E-state index contributed by atoms with van der Waals surface area (Å²) < 4.78 is 56.7. The molecule has 1 aliphatic rings. The second-order valence-electron chi connectivity index (χ2n) is 7.20. The van der Waals surface area contributed by atoms with Crippen molar-refractivity contribution in [2.75, 3.05) is 71.2 Å². The third-order valence-electron chi connectivity index (χ3n) is 4.06. The summed E-state index contributed by atoms with van der Waals surface area (Å²) in [6.07, 6.45) is 0. The molecule has 0 saturated carbocycles. The van der Waals surface area contributed by atoms with Crippen molar-refractivity contribution in [1.82, 2.24) is 0 Å². The summed E-state index contributed by atoms with van der Waals surface area (Å²) >= 11 is 27.8. The number of hydrogen-bond acceptors (Lipinski definition) is 18. The van der Waals surface area contributed by atoms with Crippen LogP contribution < -0.4 is 0 Å². The van der Waals surface area contributed by atoms with Gasteiger partial charge >= 0.3 is 0 Å². The zero-order valence-electron chi connectivity index (χ0n) is 26.1. The van der Waals surface area contributed by atoms with Crippen molar-refractivity contribution in [3.63, 3.8) is 0 Å². The van der Waals surface area contributed by atoms with Crippen LogP contribution in [-0.4, -0.2) is 82.0 Å².